The van der Waals surface area contributed by atoms with Crippen molar-refractivity contribution in [3.8, 4) is 22.9 Å². The second-order valence-corrected chi connectivity index (χ2v) is 3.82. The molecular formula is C10H7BrN2O2. The van der Waals surface area contributed by atoms with Gasteiger partial charge in [0.15, 0.2) is 0 Å². The highest BCUT2D eigenvalue weighted by molar-refractivity contribution is 9.10. The zero-order chi connectivity index (χ0) is 10.8. The molecule has 0 saturated heterocycles. The first-order valence-electron chi connectivity index (χ1n) is 4.17. The smallest absolute Gasteiger partial charge is 0.225 e. The normalized spacial score (nSPS) is 10.2. The first-order valence-corrected chi connectivity index (χ1v) is 4.96. The predicted molar refractivity (Wildman–Crippen MR) is 58.5 cm³/mol. The van der Waals surface area contributed by atoms with Crippen LogP contribution in [0, 0.1) is 0 Å². The van der Waals surface area contributed by atoms with E-state index in [1.165, 1.54) is 0 Å². The number of aromatic hydroxyl groups is 2. The standard InChI is InChI=1S/C10H7BrN2O2/c11-7-3-1-6(2-4-7)8-9(14)12-5-13-10(8)15/h1-5H,(H2,12,13,14,15). The van der Waals surface area contributed by atoms with Crippen LogP contribution in [0.2, 0.25) is 0 Å². The molecule has 0 aliphatic heterocycles. The fourth-order valence-electron chi connectivity index (χ4n) is 1.24. The molecule has 0 unspecified atom stereocenters. The third-order valence-corrected chi connectivity index (χ3v) is 2.47. The number of nitrogens with zero attached hydrogens (tertiary/aromatic N) is 2. The molecule has 2 rings (SSSR count). The monoisotopic (exact) mass is 266 g/mol. The lowest BCUT2D eigenvalue weighted by molar-refractivity contribution is 0.425. The van der Waals surface area contributed by atoms with Crippen molar-refractivity contribution < 1.29 is 10.2 Å². The maximum absolute atomic E-state index is 9.49. The van der Waals surface area contributed by atoms with Crippen LogP contribution in [0.15, 0.2) is 35.1 Å². The van der Waals surface area contributed by atoms with Crippen molar-refractivity contribution in [2.75, 3.05) is 0 Å². The van der Waals surface area contributed by atoms with Gasteiger partial charge in [0.2, 0.25) is 11.8 Å². The molecule has 0 fully saturated rings. The average molecular weight is 267 g/mol. The van der Waals surface area contributed by atoms with Crippen LogP contribution in [-0.4, -0.2) is 20.2 Å². The molecule has 76 valence electrons. The summed E-state index contributed by atoms with van der Waals surface area (Å²) in [4.78, 5) is 7.22. The largest absolute Gasteiger partial charge is 0.493 e. The van der Waals surface area contributed by atoms with Crippen molar-refractivity contribution in [2.45, 2.75) is 0 Å². The molecule has 15 heavy (non-hydrogen) atoms. The number of hydrogen-bond donors (Lipinski definition) is 2. The van der Waals surface area contributed by atoms with Gasteiger partial charge in [-0.3, -0.25) is 0 Å². The van der Waals surface area contributed by atoms with E-state index in [0.717, 1.165) is 10.8 Å². The van der Waals surface area contributed by atoms with Crippen molar-refractivity contribution in [3.63, 3.8) is 0 Å². The lowest BCUT2D eigenvalue weighted by Gasteiger charge is -2.04. The van der Waals surface area contributed by atoms with Crippen molar-refractivity contribution >= 4 is 15.9 Å². The van der Waals surface area contributed by atoms with Crippen LogP contribution in [0.25, 0.3) is 11.1 Å². The summed E-state index contributed by atoms with van der Waals surface area (Å²) in [6, 6.07) is 7.12. The van der Waals surface area contributed by atoms with E-state index in [1.807, 2.05) is 0 Å². The summed E-state index contributed by atoms with van der Waals surface area (Å²) in [5, 5.41) is 19.0. The lowest BCUT2D eigenvalue weighted by Crippen LogP contribution is -1.86. The lowest BCUT2D eigenvalue weighted by atomic mass is 10.1. The third kappa shape index (κ3) is 1.92. The molecule has 1 aromatic heterocycles. The maximum atomic E-state index is 9.49. The number of halogens is 1. The Kier molecular flexibility index (Phi) is 2.55. The van der Waals surface area contributed by atoms with Gasteiger partial charge in [0.05, 0.1) is 0 Å². The van der Waals surface area contributed by atoms with E-state index in [0.29, 0.717) is 5.56 Å². The molecule has 0 bridgehead atoms. The summed E-state index contributed by atoms with van der Waals surface area (Å²) in [7, 11) is 0. The Bertz CT molecular complexity index is 465. The van der Waals surface area contributed by atoms with Crippen LogP contribution in [0.3, 0.4) is 0 Å². The molecule has 0 radical (unpaired) electrons. The molecule has 0 spiro atoms. The Balaban J connectivity index is 2.58. The molecule has 4 nitrogen and oxygen atoms in total. The van der Waals surface area contributed by atoms with E-state index < -0.39 is 0 Å². The SMILES string of the molecule is Oc1ncnc(O)c1-c1ccc(Br)cc1. The molecule has 0 aliphatic carbocycles. The molecule has 1 aromatic carbocycles. The Hall–Kier alpha value is -1.62. The van der Waals surface area contributed by atoms with E-state index in [1.54, 1.807) is 24.3 Å². The Morgan fingerprint density at radius 3 is 2.00 bits per heavy atom. The molecule has 0 saturated carbocycles. The van der Waals surface area contributed by atoms with Gasteiger partial charge in [0, 0.05) is 4.47 Å². The Morgan fingerprint density at radius 1 is 0.933 bits per heavy atom. The molecule has 0 amide bonds. The molecular weight excluding hydrogens is 260 g/mol. The first-order chi connectivity index (χ1) is 7.18. The minimum absolute atomic E-state index is 0.232. The molecule has 0 aliphatic rings. The number of hydrogen-bond acceptors (Lipinski definition) is 4. The predicted octanol–water partition coefficient (Wildman–Crippen LogP) is 2.32. The van der Waals surface area contributed by atoms with Gasteiger partial charge in [0.1, 0.15) is 11.9 Å². The Labute approximate surface area is 94.4 Å². The summed E-state index contributed by atoms with van der Waals surface area (Å²) in [5.41, 5.74) is 0.902. The summed E-state index contributed by atoms with van der Waals surface area (Å²) in [6.07, 6.45) is 1.10. The van der Waals surface area contributed by atoms with Crippen LogP contribution in [-0.2, 0) is 0 Å². The van der Waals surface area contributed by atoms with Crippen LogP contribution < -0.4 is 0 Å². The summed E-state index contributed by atoms with van der Waals surface area (Å²) >= 11 is 3.30. The number of benzene rings is 1. The van der Waals surface area contributed by atoms with Gasteiger partial charge in [-0.1, -0.05) is 28.1 Å². The fraction of sp³-hybridized carbons (Fsp3) is 0. The minimum Gasteiger partial charge on any atom is -0.493 e. The number of aromatic nitrogens is 2. The van der Waals surface area contributed by atoms with Gasteiger partial charge in [-0.25, -0.2) is 9.97 Å². The van der Waals surface area contributed by atoms with E-state index in [9.17, 15) is 10.2 Å². The summed E-state index contributed by atoms with van der Waals surface area (Å²) < 4.78 is 0.919. The minimum atomic E-state index is -0.232. The van der Waals surface area contributed by atoms with Crippen LogP contribution >= 0.6 is 15.9 Å². The topological polar surface area (TPSA) is 66.2 Å². The second kappa shape index (κ2) is 3.86. The van der Waals surface area contributed by atoms with Gasteiger partial charge in [0.25, 0.3) is 0 Å². The van der Waals surface area contributed by atoms with Crippen LogP contribution in [0.4, 0.5) is 0 Å². The molecule has 0 atom stereocenters. The van der Waals surface area contributed by atoms with Gasteiger partial charge in [-0.15, -0.1) is 0 Å². The number of rotatable bonds is 1. The van der Waals surface area contributed by atoms with Crippen molar-refractivity contribution in [2.24, 2.45) is 0 Å². The highest BCUT2D eigenvalue weighted by Crippen LogP contribution is 2.33. The van der Waals surface area contributed by atoms with Crippen LogP contribution in [0.5, 0.6) is 11.8 Å². The quantitative estimate of drug-likeness (QED) is 0.832. The van der Waals surface area contributed by atoms with Crippen molar-refractivity contribution in [1.82, 2.24) is 9.97 Å². The molecule has 2 N–H and O–H groups in total. The van der Waals surface area contributed by atoms with E-state index in [4.69, 9.17) is 0 Å². The van der Waals surface area contributed by atoms with Gasteiger partial charge in [-0.2, -0.15) is 0 Å². The summed E-state index contributed by atoms with van der Waals surface area (Å²) in [5.74, 6) is -0.463. The third-order valence-electron chi connectivity index (χ3n) is 1.94. The zero-order valence-corrected chi connectivity index (χ0v) is 9.14. The Morgan fingerprint density at radius 2 is 1.47 bits per heavy atom. The van der Waals surface area contributed by atoms with Crippen molar-refractivity contribution in [1.29, 1.82) is 0 Å². The summed E-state index contributed by atoms with van der Waals surface area (Å²) in [6.45, 7) is 0. The van der Waals surface area contributed by atoms with E-state index >= 15 is 0 Å². The van der Waals surface area contributed by atoms with Crippen LogP contribution in [0.1, 0.15) is 0 Å². The first kappa shape index (κ1) is 9.92. The second-order valence-electron chi connectivity index (χ2n) is 2.90. The molecule has 1 heterocycles. The van der Waals surface area contributed by atoms with Crippen molar-refractivity contribution in [3.05, 3.63) is 35.1 Å². The van der Waals surface area contributed by atoms with Gasteiger partial charge in [-0.05, 0) is 17.7 Å². The highest BCUT2D eigenvalue weighted by Gasteiger charge is 2.11. The maximum Gasteiger partial charge on any atom is 0.225 e. The zero-order valence-electron chi connectivity index (χ0n) is 7.55. The van der Waals surface area contributed by atoms with Gasteiger partial charge >= 0.3 is 0 Å². The fourth-order valence-corrected chi connectivity index (χ4v) is 1.51. The molecule has 5 heteroatoms. The average Bonchev–Trinajstić information content (AvgIpc) is 2.20. The highest BCUT2D eigenvalue weighted by atomic mass is 79.9. The van der Waals surface area contributed by atoms with E-state index in [-0.39, 0.29) is 17.3 Å². The van der Waals surface area contributed by atoms with Gasteiger partial charge < -0.3 is 10.2 Å². The van der Waals surface area contributed by atoms with E-state index in [2.05, 4.69) is 25.9 Å². The molecule has 2 aromatic rings.